The molecule has 0 atom stereocenters. The van der Waals surface area contributed by atoms with Crippen molar-refractivity contribution < 1.29 is 0 Å². The number of hydrogen-bond donors (Lipinski definition) is 0. The highest BCUT2D eigenvalue weighted by atomic mass is 32.2. The Morgan fingerprint density at radius 1 is 0.875 bits per heavy atom. The van der Waals surface area contributed by atoms with Gasteiger partial charge in [0.1, 0.15) is 8.64 Å². The average Bonchev–Trinajstić information content (AvgIpc) is 2.21. The van der Waals surface area contributed by atoms with Crippen LogP contribution in [0.25, 0.3) is 0 Å². The van der Waals surface area contributed by atoms with Gasteiger partial charge in [-0.05, 0) is 0 Å². The van der Waals surface area contributed by atoms with E-state index in [4.69, 9.17) is 24.4 Å². The summed E-state index contributed by atoms with van der Waals surface area (Å²) in [7, 11) is 7.75. The molecule has 0 aliphatic rings. The van der Waals surface area contributed by atoms with Crippen LogP contribution >= 0.6 is 48.0 Å². The van der Waals surface area contributed by atoms with E-state index >= 15 is 0 Å². The first-order valence-electron chi connectivity index (χ1n) is 4.59. The second-order valence-electron chi connectivity index (χ2n) is 3.25. The van der Waals surface area contributed by atoms with E-state index < -0.39 is 0 Å². The summed E-state index contributed by atoms with van der Waals surface area (Å²) in [5.74, 6) is 7.62. The van der Waals surface area contributed by atoms with Crippen LogP contribution in [-0.2, 0) is 0 Å². The summed E-state index contributed by atoms with van der Waals surface area (Å²) in [5.41, 5.74) is 0. The van der Waals surface area contributed by atoms with Crippen LogP contribution in [0.4, 0.5) is 0 Å². The molecular formula is C10H16N2S4. The quantitative estimate of drug-likeness (QED) is 0.564. The molecule has 0 amide bonds. The van der Waals surface area contributed by atoms with Gasteiger partial charge < -0.3 is 9.80 Å². The molecule has 0 aromatic rings. The third kappa shape index (κ3) is 8.22. The van der Waals surface area contributed by atoms with Crippen molar-refractivity contribution in [2.24, 2.45) is 0 Å². The molecule has 0 aromatic carbocycles. The lowest BCUT2D eigenvalue weighted by Crippen LogP contribution is -2.16. The van der Waals surface area contributed by atoms with Crippen LogP contribution in [0, 0.1) is 11.8 Å². The molecule has 0 saturated heterocycles. The molecule has 0 rings (SSSR count). The van der Waals surface area contributed by atoms with Gasteiger partial charge in [0.25, 0.3) is 0 Å². The lowest BCUT2D eigenvalue weighted by Gasteiger charge is -2.11. The van der Waals surface area contributed by atoms with Gasteiger partial charge in [0.15, 0.2) is 0 Å². The highest BCUT2D eigenvalue weighted by molar-refractivity contribution is 8.23. The largest absolute Gasteiger partial charge is 0.364 e. The molecule has 0 unspecified atom stereocenters. The minimum atomic E-state index is 0.742. The average molecular weight is 293 g/mol. The number of rotatable bonds is 2. The van der Waals surface area contributed by atoms with Gasteiger partial charge in [-0.25, -0.2) is 0 Å². The summed E-state index contributed by atoms with van der Waals surface area (Å²) in [6, 6.07) is 0. The first-order valence-corrected chi connectivity index (χ1v) is 7.37. The van der Waals surface area contributed by atoms with E-state index in [0.717, 1.165) is 20.1 Å². The molecule has 0 N–H and O–H groups in total. The molecule has 6 heteroatoms. The number of thiocarbonyl (C=S) groups is 2. The smallest absolute Gasteiger partial charge is 0.136 e. The van der Waals surface area contributed by atoms with Gasteiger partial charge in [-0.1, -0.05) is 59.8 Å². The Morgan fingerprint density at radius 3 is 1.44 bits per heavy atom. The van der Waals surface area contributed by atoms with E-state index in [2.05, 4.69) is 11.8 Å². The zero-order chi connectivity index (χ0) is 12.6. The number of nitrogens with zero attached hydrogens (tertiary/aromatic N) is 2. The van der Waals surface area contributed by atoms with Crippen LogP contribution in [0.3, 0.4) is 0 Å². The van der Waals surface area contributed by atoms with Crippen LogP contribution in [0.1, 0.15) is 0 Å². The van der Waals surface area contributed by atoms with Crippen molar-refractivity contribution in [3.8, 4) is 11.8 Å². The predicted molar refractivity (Wildman–Crippen MR) is 85.3 cm³/mol. The fraction of sp³-hybridized carbons (Fsp3) is 0.600. The standard InChI is InChI=1S/C10H16N2S4/c1-11(2)9(13)15-7-5-6-8-16-10(14)12(3)4/h7-8H2,1-4H3. The molecule has 0 aliphatic heterocycles. The third-order valence-electron chi connectivity index (χ3n) is 1.39. The highest BCUT2D eigenvalue weighted by Crippen LogP contribution is 2.06. The zero-order valence-electron chi connectivity index (χ0n) is 9.94. The Bertz CT molecular complexity index is 274. The molecule has 0 heterocycles. The summed E-state index contributed by atoms with van der Waals surface area (Å²) >= 11 is 13.4. The van der Waals surface area contributed by atoms with Gasteiger partial charge in [-0.15, -0.1) is 0 Å². The van der Waals surface area contributed by atoms with Gasteiger partial charge in [-0.3, -0.25) is 0 Å². The fourth-order valence-electron chi connectivity index (χ4n) is 0.556. The van der Waals surface area contributed by atoms with Crippen molar-refractivity contribution in [1.82, 2.24) is 9.80 Å². The van der Waals surface area contributed by atoms with E-state index in [0.29, 0.717) is 0 Å². The summed E-state index contributed by atoms with van der Waals surface area (Å²) in [5, 5.41) is 0. The monoisotopic (exact) mass is 292 g/mol. The van der Waals surface area contributed by atoms with Crippen molar-refractivity contribution in [1.29, 1.82) is 0 Å². The SMILES string of the molecule is CN(C)C(=S)SCC#CCSC(=S)N(C)C. The van der Waals surface area contributed by atoms with Crippen molar-refractivity contribution in [3.63, 3.8) is 0 Å². The Labute approximate surface area is 118 Å². The molecule has 0 bridgehead atoms. The summed E-state index contributed by atoms with van der Waals surface area (Å²) in [6.45, 7) is 0. The van der Waals surface area contributed by atoms with E-state index in [1.165, 1.54) is 0 Å². The van der Waals surface area contributed by atoms with Crippen molar-refractivity contribution in [2.75, 3.05) is 39.7 Å². The predicted octanol–water partition coefficient (Wildman–Crippen LogP) is 2.15. The maximum absolute atomic E-state index is 5.12. The van der Waals surface area contributed by atoms with Gasteiger partial charge in [0, 0.05) is 28.2 Å². The second-order valence-corrected chi connectivity index (χ2v) is 6.47. The first kappa shape index (κ1) is 16.0. The molecule has 0 aliphatic carbocycles. The normalized spacial score (nSPS) is 9.00. The topological polar surface area (TPSA) is 6.48 Å². The molecule has 16 heavy (non-hydrogen) atoms. The second kappa shape index (κ2) is 9.11. The Kier molecular flexibility index (Phi) is 9.13. The molecule has 2 nitrogen and oxygen atoms in total. The molecular weight excluding hydrogens is 276 g/mol. The molecule has 0 aromatic heterocycles. The van der Waals surface area contributed by atoms with Crippen molar-refractivity contribution >= 4 is 56.6 Å². The highest BCUT2D eigenvalue weighted by Gasteiger charge is 1.97. The molecule has 90 valence electrons. The molecule has 0 spiro atoms. The molecule has 0 fully saturated rings. The van der Waals surface area contributed by atoms with Crippen LogP contribution in [0.5, 0.6) is 0 Å². The Balaban J connectivity index is 3.64. The summed E-state index contributed by atoms with van der Waals surface area (Å²) in [4.78, 5) is 3.83. The lowest BCUT2D eigenvalue weighted by molar-refractivity contribution is 0.648. The fourth-order valence-corrected chi connectivity index (χ4v) is 2.02. The Hall–Kier alpha value is 0.0400. The van der Waals surface area contributed by atoms with Crippen LogP contribution in [0.15, 0.2) is 0 Å². The lowest BCUT2D eigenvalue weighted by atomic mass is 10.7. The number of hydrogen-bond acceptors (Lipinski definition) is 4. The first-order chi connectivity index (χ1) is 7.45. The summed E-state index contributed by atoms with van der Waals surface area (Å²) < 4.78 is 1.73. The van der Waals surface area contributed by atoms with E-state index in [-0.39, 0.29) is 0 Å². The zero-order valence-corrected chi connectivity index (χ0v) is 13.2. The van der Waals surface area contributed by atoms with Gasteiger partial charge >= 0.3 is 0 Å². The van der Waals surface area contributed by atoms with Crippen molar-refractivity contribution in [3.05, 3.63) is 0 Å². The number of thioether (sulfide) groups is 2. The minimum absolute atomic E-state index is 0.742. The van der Waals surface area contributed by atoms with Crippen molar-refractivity contribution in [2.45, 2.75) is 0 Å². The Morgan fingerprint density at radius 2 is 1.19 bits per heavy atom. The molecule has 0 saturated carbocycles. The van der Waals surface area contributed by atoms with E-state index in [9.17, 15) is 0 Å². The molecule has 0 radical (unpaired) electrons. The third-order valence-corrected chi connectivity index (χ3v) is 4.63. The minimum Gasteiger partial charge on any atom is -0.364 e. The van der Waals surface area contributed by atoms with E-state index in [1.807, 2.05) is 38.0 Å². The van der Waals surface area contributed by atoms with Crippen LogP contribution in [0.2, 0.25) is 0 Å². The van der Waals surface area contributed by atoms with Crippen LogP contribution < -0.4 is 0 Å². The van der Waals surface area contributed by atoms with Gasteiger partial charge in [0.05, 0.1) is 11.5 Å². The summed E-state index contributed by atoms with van der Waals surface area (Å²) in [6.07, 6.45) is 0. The van der Waals surface area contributed by atoms with Crippen LogP contribution in [-0.4, -0.2) is 58.1 Å². The maximum Gasteiger partial charge on any atom is 0.136 e. The van der Waals surface area contributed by atoms with Gasteiger partial charge in [0.2, 0.25) is 0 Å². The van der Waals surface area contributed by atoms with E-state index in [1.54, 1.807) is 23.5 Å². The maximum atomic E-state index is 5.12. The van der Waals surface area contributed by atoms with Gasteiger partial charge in [-0.2, -0.15) is 0 Å².